The van der Waals surface area contributed by atoms with Crippen molar-refractivity contribution in [2.45, 2.75) is 0 Å². The third-order valence-corrected chi connectivity index (χ3v) is 8.87. The molecule has 0 saturated carbocycles. The Kier molecular flexibility index (Phi) is 7.84. The highest BCUT2D eigenvalue weighted by molar-refractivity contribution is 6.09. The smallest absolute Gasteiger partial charge is 0.234 e. The fourth-order valence-electron chi connectivity index (χ4n) is 6.43. The highest BCUT2D eigenvalue weighted by atomic mass is 16.5. The number of aromatic nitrogens is 7. The van der Waals surface area contributed by atoms with Gasteiger partial charge in [-0.3, -0.25) is 4.57 Å². The number of rotatable bonds is 9. The van der Waals surface area contributed by atoms with E-state index in [0.29, 0.717) is 63.5 Å². The molecule has 0 aliphatic carbocycles. The minimum atomic E-state index is 0.442. The maximum atomic E-state index is 6.39. The van der Waals surface area contributed by atoms with Crippen molar-refractivity contribution in [3.63, 3.8) is 0 Å². The molecule has 0 N–H and O–H groups in total. The summed E-state index contributed by atoms with van der Waals surface area (Å²) in [6.07, 6.45) is 6.86. The van der Waals surface area contributed by atoms with Crippen LogP contribution in [0.25, 0.3) is 49.8 Å². The van der Waals surface area contributed by atoms with Gasteiger partial charge in [0.25, 0.3) is 0 Å². The number of nitrogens with zero attached hydrogens (tertiary/aromatic N) is 7. The Morgan fingerprint density at radius 1 is 0.364 bits per heavy atom. The molecule has 0 radical (unpaired) electrons. The molecular formula is C44H27N7O4. The molecule has 0 saturated heterocycles. The van der Waals surface area contributed by atoms with Crippen LogP contribution in [0.5, 0.6) is 46.3 Å². The van der Waals surface area contributed by atoms with Crippen LogP contribution in [0, 0.1) is 0 Å². The molecule has 0 amide bonds. The number of pyridine rings is 4. The van der Waals surface area contributed by atoms with E-state index in [0.717, 1.165) is 32.6 Å². The maximum Gasteiger partial charge on any atom is 0.234 e. The molecule has 55 heavy (non-hydrogen) atoms. The van der Waals surface area contributed by atoms with Crippen LogP contribution in [0.1, 0.15) is 0 Å². The molecule has 0 fully saturated rings. The van der Waals surface area contributed by atoms with E-state index in [9.17, 15) is 0 Å². The van der Waals surface area contributed by atoms with Gasteiger partial charge in [0, 0.05) is 82.7 Å². The minimum Gasteiger partial charge on any atom is -0.457 e. The first-order valence-electron chi connectivity index (χ1n) is 17.4. The van der Waals surface area contributed by atoms with Gasteiger partial charge in [-0.15, -0.1) is 0 Å². The van der Waals surface area contributed by atoms with Gasteiger partial charge in [0.05, 0.1) is 11.0 Å². The summed E-state index contributed by atoms with van der Waals surface area (Å²) in [4.78, 5) is 26.9. The van der Waals surface area contributed by atoms with Gasteiger partial charge in [-0.1, -0.05) is 12.1 Å². The van der Waals surface area contributed by atoms with Gasteiger partial charge in [-0.05, 0) is 91.0 Å². The summed E-state index contributed by atoms with van der Waals surface area (Å²) in [6, 6.07) is 43.7. The molecular weight excluding hydrogens is 691 g/mol. The molecule has 262 valence electrons. The van der Waals surface area contributed by atoms with Crippen LogP contribution in [0.4, 0.5) is 0 Å². The van der Waals surface area contributed by atoms with E-state index in [4.69, 9.17) is 18.9 Å². The van der Waals surface area contributed by atoms with Gasteiger partial charge in [0.2, 0.25) is 17.7 Å². The average Bonchev–Trinajstić information content (AvgIpc) is 3.54. The molecule has 0 atom stereocenters. The predicted octanol–water partition coefficient (Wildman–Crippen LogP) is 10.6. The molecule has 0 spiro atoms. The van der Waals surface area contributed by atoms with Gasteiger partial charge in [-0.25, -0.2) is 19.9 Å². The van der Waals surface area contributed by atoms with Crippen molar-refractivity contribution in [1.82, 2.24) is 34.5 Å². The lowest BCUT2D eigenvalue weighted by molar-refractivity contribution is 0.450. The second-order valence-corrected chi connectivity index (χ2v) is 12.5. The van der Waals surface area contributed by atoms with E-state index in [-0.39, 0.29) is 0 Å². The van der Waals surface area contributed by atoms with Crippen LogP contribution in [0.3, 0.4) is 0 Å². The van der Waals surface area contributed by atoms with Crippen molar-refractivity contribution in [2.75, 3.05) is 0 Å². The van der Waals surface area contributed by atoms with Crippen LogP contribution in [0.15, 0.2) is 164 Å². The number of benzene rings is 4. The summed E-state index contributed by atoms with van der Waals surface area (Å²) in [5.41, 5.74) is 2.96. The summed E-state index contributed by atoms with van der Waals surface area (Å²) in [5.74, 6) is 5.02. The average molecular weight is 718 g/mol. The van der Waals surface area contributed by atoms with Gasteiger partial charge in [0.15, 0.2) is 11.3 Å². The third kappa shape index (κ3) is 6.42. The Bertz CT molecular complexity index is 2840. The molecule has 10 aromatic rings. The van der Waals surface area contributed by atoms with Gasteiger partial charge < -0.3 is 18.9 Å². The van der Waals surface area contributed by atoms with E-state index in [1.54, 1.807) is 30.9 Å². The largest absolute Gasteiger partial charge is 0.457 e. The summed E-state index contributed by atoms with van der Waals surface area (Å²) in [6.45, 7) is 0. The van der Waals surface area contributed by atoms with Gasteiger partial charge in [0.1, 0.15) is 34.5 Å². The van der Waals surface area contributed by atoms with Crippen molar-refractivity contribution in [3.8, 4) is 52.2 Å². The van der Waals surface area contributed by atoms with E-state index in [1.807, 2.05) is 138 Å². The Morgan fingerprint density at radius 2 is 0.818 bits per heavy atom. The molecule has 6 heterocycles. The number of ether oxygens (including phenoxy) is 4. The van der Waals surface area contributed by atoms with E-state index < -0.39 is 0 Å². The fourth-order valence-corrected chi connectivity index (χ4v) is 6.43. The molecule has 0 bridgehead atoms. The molecule has 4 aromatic carbocycles. The van der Waals surface area contributed by atoms with Crippen molar-refractivity contribution in [3.05, 3.63) is 164 Å². The SMILES string of the molecule is c1cnc(-n2c3cc(Oc4cccc(Oc5ccc6cccnc6n5)c4)ccc3c3ccc(Oc4cccc(Oc5ccc6cccnc6n5)c4)cc32)nc1. The summed E-state index contributed by atoms with van der Waals surface area (Å²) < 4.78 is 26.9. The molecule has 0 aliphatic heterocycles. The summed E-state index contributed by atoms with van der Waals surface area (Å²) in [5, 5.41) is 3.88. The lowest BCUT2D eigenvalue weighted by Gasteiger charge is -2.11. The van der Waals surface area contributed by atoms with Crippen LogP contribution in [-0.2, 0) is 0 Å². The van der Waals surface area contributed by atoms with E-state index in [2.05, 4.69) is 29.9 Å². The zero-order valence-corrected chi connectivity index (χ0v) is 28.9. The van der Waals surface area contributed by atoms with E-state index in [1.165, 1.54) is 0 Å². The highest BCUT2D eigenvalue weighted by Gasteiger charge is 2.17. The highest BCUT2D eigenvalue weighted by Crippen LogP contribution is 2.38. The van der Waals surface area contributed by atoms with E-state index >= 15 is 0 Å². The van der Waals surface area contributed by atoms with Crippen molar-refractivity contribution in [1.29, 1.82) is 0 Å². The molecule has 6 aromatic heterocycles. The molecule has 11 heteroatoms. The normalized spacial score (nSPS) is 11.3. The number of hydrogen-bond acceptors (Lipinski definition) is 10. The quantitative estimate of drug-likeness (QED) is 0.143. The second-order valence-electron chi connectivity index (χ2n) is 12.5. The molecule has 11 nitrogen and oxygen atoms in total. The Balaban J connectivity index is 0.947. The third-order valence-electron chi connectivity index (χ3n) is 8.87. The van der Waals surface area contributed by atoms with Crippen LogP contribution in [0.2, 0.25) is 0 Å². The summed E-state index contributed by atoms with van der Waals surface area (Å²) >= 11 is 0. The fraction of sp³-hybridized carbons (Fsp3) is 0. The van der Waals surface area contributed by atoms with Crippen LogP contribution >= 0.6 is 0 Å². The standard InChI is InChI=1S/C44H27N7O4/c1-8-30(24-32(10-1)54-40-18-12-28-6-3-20-45-42(28)49-40)52-34-14-16-36-37-17-15-35(27-39(37)51(38(36)26-34)44-47-22-5-23-48-44)53-31-9-2-11-33(25-31)55-41-19-13-29-7-4-21-46-43(29)50-41/h1-27H. The second kappa shape index (κ2) is 13.6. The summed E-state index contributed by atoms with van der Waals surface area (Å²) in [7, 11) is 0. The Morgan fingerprint density at radius 3 is 1.33 bits per heavy atom. The first kappa shape index (κ1) is 31.8. The van der Waals surface area contributed by atoms with Gasteiger partial charge in [-0.2, -0.15) is 9.97 Å². The Labute approximate surface area is 313 Å². The number of fused-ring (bicyclic) bond motifs is 5. The first-order valence-corrected chi connectivity index (χ1v) is 17.4. The maximum absolute atomic E-state index is 6.39. The minimum absolute atomic E-state index is 0.442. The lowest BCUT2D eigenvalue weighted by atomic mass is 10.1. The zero-order valence-electron chi connectivity index (χ0n) is 28.9. The molecule has 0 unspecified atom stereocenters. The van der Waals surface area contributed by atoms with Crippen LogP contribution in [-0.4, -0.2) is 34.5 Å². The van der Waals surface area contributed by atoms with Crippen LogP contribution < -0.4 is 18.9 Å². The van der Waals surface area contributed by atoms with Gasteiger partial charge >= 0.3 is 0 Å². The van der Waals surface area contributed by atoms with Crippen molar-refractivity contribution >= 4 is 43.9 Å². The lowest BCUT2D eigenvalue weighted by Crippen LogP contribution is -2.00. The topological polar surface area (TPSA) is 119 Å². The molecule has 10 rings (SSSR count). The van der Waals surface area contributed by atoms with Crippen molar-refractivity contribution in [2.24, 2.45) is 0 Å². The first-order chi connectivity index (χ1) is 27.2. The molecule has 0 aliphatic rings. The number of hydrogen-bond donors (Lipinski definition) is 0. The monoisotopic (exact) mass is 717 g/mol. The predicted molar refractivity (Wildman–Crippen MR) is 209 cm³/mol. The Hall–Kier alpha value is -7.92. The zero-order chi connectivity index (χ0) is 36.6. The van der Waals surface area contributed by atoms with Crippen molar-refractivity contribution < 1.29 is 18.9 Å².